The molecule has 15 heavy (non-hydrogen) atoms. The van der Waals surface area contributed by atoms with Gasteiger partial charge in [0.05, 0.1) is 18.1 Å². The first-order chi connectivity index (χ1) is 7.03. The maximum Gasteiger partial charge on any atom is 0.230 e. The van der Waals surface area contributed by atoms with E-state index < -0.39 is 10.0 Å². The molecular formula is C9H13N3O2S. The zero-order chi connectivity index (χ0) is 10.9. The number of sulfonamides is 1. The Morgan fingerprint density at radius 1 is 1.40 bits per heavy atom. The number of hydrogen-bond acceptors (Lipinski definition) is 4. The predicted octanol–water partition coefficient (Wildman–Crippen LogP) is 1.03. The Kier molecular flexibility index (Phi) is 2.52. The van der Waals surface area contributed by atoms with Crippen molar-refractivity contribution in [1.82, 2.24) is 4.98 Å². The van der Waals surface area contributed by atoms with Crippen molar-refractivity contribution in [3.63, 3.8) is 0 Å². The van der Waals surface area contributed by atoms with Crippen LogP contribution in [-0.4, -0.2) is 25.7 Å². The second-order valence-electron chi connectivity index (χ2n) is 3.72. The van der Waals surface area contributed by atoms with Crippen molar-refractivity contribution < 1.29 is 8.42 Å². The third-order valence-electron chi connectivity index (χ3n) is 2.00. The van der Waals surface area contributed by atoms with Gasteiger partial charge in [0, 0.05) is 6.04 Å². The molecule has 1 aromatic heterocycles. The van der Waals surface area contributed by atoms with E-state index in [0.29, 0.717) is 11.9 Å². The monoisotopic (exact) mass is 227 g/mol. The van der Waals surface area contributed by atoms with E-state index in [1.165, 1.54) is 12.8 Å². The molecule has 2 rings (SSSR count). The molecule has 82 valence electrons. The summed E-state index contributed by atoms with van der Waals surface area (Å²) >= 11 is 0. The molecule has 1 aliphatic carbocycles. The minimum Gasteiger partial charge on any atom is -0.381 e. The van der Waals surface area contributed by atoms with Crippen molar-refractivity contribution in [3.05, 3.63) is 18.3 Å². The van der Waals surface area contributed by atoms with Gasteiger partial charge in [-0.2, -0.15) is 0 Å². The summed E-state index contributed by atoms with van der Waals surface area (Å²) < 4.78 is 24.1. The van der Waals surface area contributed by atoms with E-state index >= 15 is 0 Å². The van der Waals surface area contributed by atoms with E-state index in [4.69, 9.17) is 0 Å². The van der Waals surface area contributed by atoms with Crippen molar-refractivity contribution in [2.24, 2.45) is 0 Å². The van der Waals surface area contributed by atoms with Gasteiger partial charge in [-0.25, -0.2) is 13.4 Å². The second kappa shape index (κ2) is 3.69. The minimum absolute atomic E-state index is 0.346. The summed E-state index contributed by atoms with van der Waals surface area (Å²) in [6.07, 6.45) is 5.13. The largest absolute Gasteiger partial charge is 0.381 e. The van der Waals surface area contributed by atoms with Gasteiger partial charge in [-0.15, -0.1) is 0 Å². The van der Waals surface area contributed by atoms with E-state index in [9.17, 15) is 8.42 Å². The van der Waals surface area contributed by atoms with Crippen LogP contribution in [0.1, 0.15) is 12.8 Å². The van der Waals surface area contributed by atoms with E-state index in [1.54, 1.807) is 12.3 Å². The first-order valence-corrected chi connectivity index (χ1v) is 6.62. The first-order valence-electron chi connectivity index (χ1n) is 4.73. The van der Waals surface area contributed by atoms with Gasteiger partial charge in [0.1, 0.15) is 5.82 Å². The zero-order valence-corrected chi connectivity index (χ0v) is 9.21. The Bertz CT molecular complexity index is 437. The Balaban J connectivity index is 2.02. The highest BCUT2D eigenvalue weighted by molar-refractivity contribution is 7.92. The van der Waals surface area contributed by atoms with Crippen LogP contribution >= 0.6 is 0 Å². The van der Waals surface area contributed by atoms with Gasteiger partial charge in [-0.05, 0) is 25.0 Å². The highest BCUT2D eigenvalue weighted by atomic mass is 32.2. The molecule has 1 aliphatic rings. The van der Waals surface area contributed by atoms with E-state index in [1.807, 2.05) is 6.07 Å². The second-order valence-corrected chi connectivity index (χ2v) is 5.47. The van der Waals surface area contributed by atoms with Crippen LogP contribution in [0.3, 0.4) is 0 Å². The third kappa shape index (κ3) is 3.39. The smallest absolute Gasteiger partial charge is 0.230 e. The lowest BCUT2D eigenvalue weighted by Crippen LogP contribution is -2.11. The molecule has 1 fully saturated rings. The van der Waals surface area contributed by atoms with E-state index in [-0.39, 0.29) is 0 Å². The maximum absolute atomic E-state index is 10.9. The van der Waals surface area contributed by atoms with Gasteiger partial charge >= 0.3 is 0 Å². The molecule has 0 radical (unpaired) electrons. The number of hydrogen-bond donors (Lipinski definition) is 2. The summed E-state index contributed by atoms with van der Waals surface area (Å²) in [5, 5.41) is 3.27. The first kappa shape index (κ1) is 10.2. The summed E-state index contributed by atoms with van der Waals surface area (Å²) in [6, 6.07) is 4.03. The van der Waals surface area contributed by atoms with Crippen LogP contribution in [0.25, 0.3) is 0 Å². The number of nitrogens with one attached hydrogen (secondary N) is 2. The molecule has 1 aromatic rings. The van der Waals surface area contributed by atoms with Gasteiger partial charge in [0.15, 0.2) is 0 Å². The molecule has 0 unspecified atom stereocenters. The number of pyridine rings is 1. The van der Waals surface area contributed by atoms with Crippen LogP contribution < -0.4 is 10.0 Å². The van der Waals surface area contributed by atoms with Gasteiger partial charge < -0.3 is 5.32 Å². The molecule has 1 heterocycles. The van der Waals surface area contributed by atoms with Crippen LogP contribution in [0.5, 0.6) is 0 Å². The van der Waals surface area contributed by atoms with Crippen molar-refractivity contribution in [1.29, 1.82) is 0 Å². The third-order valence-corrected chi connectivity index (χ3v) is 2.58. The van der Waals surface area contributed by atoms with Crippen molar-refractivity contribution in [2.45, 2.75) is 18.9 Å². The lowest BCUT2D eigenvalue weighted by molar-refractivity contribution is 0.606. The molecule has 0 spiro atoms. The highest BCUT2D eigenvalue weighted by Crippen LogP contribution is 2.24. The predicted molar refractivity (Wildman–Crippen MR) is 59.3 cm³/mol. The molecule has 0 aromatic carbocycles. The molecule has 0 bridgehead atoms. The topological polar surface area (TPSA) is 71.1 Å². The summed E-state index contributed by atoms with van der Waals surface area (Å²) in [5.41, 5.74) is 0.927. The SMILES string of the molecule is CS(=O)(=O)Nc1ccc(NC2CC2)cn1. The van der Waals surface area contributed by atoms with Gasteiger partial charge in [-0.1, -0.05) is 0 Å². The molecule has 0 amide bonds. The quantitative estimate of drug-likeness (QED) is 0.806. The fraction of sp³-hybridized carbons (Fsp3) is 0.444. The van der Waals surface area contributed by atoms with Crippen LogP contribution in [0.4, 0.5) is 11.5 Å². The number of aromatic nitrogens is 1. The molecule has 6 heteroatoms. The average molecular weight is 227 g/mol. The van der Waals surface area contributed by atoms with Crippen molar-refractivity contribution in [2.75, 3.05) is 16.3 Å². The lowest BCUT2D eigenvalue weighted by atomic mass is 10.4. The molecule has 0 saturated heterocycles. The lowest BCUT2D eigenvalue weighted by Gasteiger charge is -2.05. The van der Waals surface area contributed by atoms with Crippen LogP contribution in [0, 0.1) is 0 Å². The van der Waals surface area contributed by atoms with Crippen LogP contribution in [0.2, 0.25) is 0 Å². The fourth-order valence-electron chi connectivity index (χ4n) is 1.19. The van der Waals surface area contributed by atoms with Crippen molar-refractivity contribution in [3.8, 4) is 0 Å². The molecule has 1 saturated carbocycles. The normalized spacial score (nSPS) is 16.1. The molecule has 5 nitrogen and oxygen atoms in total. The summed E-state index contributed by atoms with van der Waals surface area (Å²) in [5.74, 6) is 0.346. The standard InChI is InChI=1S/C9H13N3O2S/c1-15(13,14)12-9-5-4-8(6-10-9)11-7-2-3-7/h4-7,11H,2-3H2,1H3,(H,10,12). The average Bonchev–Trinajstić information content (AvgIpc) is 2.90. The number of nitrogens with zero attached hydrogens (tertiary/aromatic N) is 1. The minimum atomic E-state index is -3.23. The van der Waals surface area contributed by atoms with Crippen LogP contribution in [0.15, 0.2) is 18.3 Å². The molecular weight excluding hydrogens is 214 g/mol. The summed E-state index contributed by atoms with van der Waals surface area (Å²) in [6.45, 7) is 0. The Labute approximate surface area is 89.0 Å². The zero-order valence-electron chi connectivity index (χ0n) is 8.40. The number of rotatable bonds is 4. The summed E-state index contributed by atoms with van der Waals surface area (Å²) in [7, 11) is -3.23. The molecule has 0 atom stereocenters. The van der Waals surface area contributed by atoms with E-state index in [0.717, 1.165) is 11.9 Å². The Hall–Kier alpha value is -1.30. The van der Waals surface area contributed by atoms with E-state index in [2.05, 4.69) is 15.0 Å². The number of anilines is 2. The van der Waals surface area contributed by atoms with Crippen LogP contribution in [-0.2, 0) is 10.0 Å². The maximum atomic E-state index is 10.9. The highest BCUT2D eigenvalue weighted by Gasteiger charge is 2.20. The summed E-state index contributed by atoms with van der Waals surface area (Å²) in [4.78, 5) is 3.99. The van der Waals surface area contributed by atoms with Crippen molar-refractivity contribution >= 4 is 21.5 Å². The Morgan fingerprint density at radius 2 is 2.13 bits per heavy atom. The van der Waals surface area contributed by atoms with Gasteiger partial charge in [0.2, 0.25) is 10.0 Å². The van der Waals surface area contributed by atoms with Gasteiger partial charge in [-0.3, -0.25) is 4.72 Å². The van der Waals surface area contributed by atoms with Gasteiger partial charge in [0.25, 0.3) is 0 Å². The Morgan fingerprint density at radius 3 is 2.60 bits per heavy atom. The molecule has 0 aliphatic heterocycles. The molecule has 2 N–H and O–H groups in total. The fourth-order valence-corrected chi connectivity index (χ4v) is 1.69.